The first-order valence-corrected chi connectivity index (χ1v) is 5.76. The van der Waals surface area contributed by atoms with Gasteiger partial charge in [-0.05, 0) is 23.6 Å². The summed E-state index contributed by atoms with van der Waals surface area (Å²) >= 11 is 0. The van der Waals surface area contributed by atoms with E-state index in [1.165, 1.54) is 12.0 Å². The SMILES string of the molecule is COC(=O)c1cccc2c1CCN(C(=O)C(=O)O)C2. The summed E-state index contributed by atoms with van der Waals surface area (Å²) in [6, 6.07) is 5.14. The lowest BCUT2D eigenvalue weighted by Crippen LogP contribution is -2.40. The summed E-state index contributed by atoms with van der Waals surface area (Å²) in [6.07, 6.45) is 0.444. The molecule has 1 aromatic rings. The van der Waals surface area contributed by atoms with Crippen LogP contribution in [0.5, 0.6) is 0 Å². The minimum Gasteiger partial charge on any atom is -0.474 e. The Bertz CT molecular complexity index is 552. The Morgan fingerprint density at radius 3 is 2.68 bits per heavy atom. The van der Waals surface area contributed by atoms with E-state index in [1.54, 1.807) is 18.2 Å². The number of hydrogen-bond acceptors (Lipinski definition) is 4. The zero-order chi connectivity index (χ0) is 14.0. The van der Waals surface area contributed by atoms with Gasteiger partial charge in [0.2, 0.25) is 0 Å². The van der Waals surface area contributed by atoms with Gasteiger partial charge in [-0.25, -0.2) is 9.59 Å². The minimum atomic E-state index is -1.47. The number of carbonyl (C=O) groups is 3. The quantitative estimate of drug-likeness (QED) is 0.587. The predicted octanol–water partition coefficient (Wildman–Crippen LogP) is 0.442. The molecule has 1 N–H and O–H groups in total. The van der Waals surface area contributed by atoms with Gasteiger partial charge in [-0.3, -0.25) is 4.79 Å². The Labute approximate surface area is 109 Å². The molecule has 0 atom stereocenters. The molecule has 0 unspecified atom stereocenters. The second-order valence-corrected chi connectivity index (χ2v) is 4.22. The van der Waals surface area contributed by atoms with Crippen molar-refractivity contribution in [2.75, 3.05) is 13.7 Å². The van der Waals surface area contributed by atoms with E-state index in [4.69, 9.17) is 9.84 Å². The highest BCUT2D eigenvalue weighted by Crippen LogP contribution is 2.23. The number of amides is 1. The van der Waals surface area contributed by atoms with Crippen LogP contribution in [0, 0.1) is 0 Å². The third-order valence-corrected chi connectivity index (χ3v) is 3.14. The highest BCUT2D eigenvalue weighted by molar-refractivity contribution is 6.31. The summed E-state index contributed by atoms with van der Waals surface area (Å²) < 4.78 is 4.70. The van der Waals surface area contributed by atoms with Crippen LogP contribution in [0.2, 0.25) is 0 Å². The first-order chi connectivity index (χ1) is 9.04. The number of benzene rings is 1. The summed E-state index contributed by atoms with van der Waals surface area (Å²) in [6.45, 7) is 0.484. The number of esters is 1. The van der Waals surface area contributed by atoms with E-state index in [9.17, 15) is 14.4 Å². The molecule has 19 heavy (non-hydrogen) atoms. The smallest absolute Gasteiger partial charge is 0.394 e. The molecule has 1 aliphatic heterocycles. The molecule has 6 heteroatoms. The molecule has 1 amide bonds. The fraction of sp³-hybridized carbons (Fsp3) is 0.308. The van der Waals surface area contributed by atoms with Crippen molar-refractivity contribution in [1.82, 2.24) is 4.90 Å². The van der Waals surface area contributed by atoms with E-state index in [-0.39, 0.29) is 13.1 Å². The van der Waals surface area contributed by atoms with Crippen LogP contribution in [-0.2, 0) is 27.3 Å². The molecule has 1 heterocycles. The minimum absolute atomic E-state index is 0.200. The molecule has 0 spiro atoms. The van der Waals surface area contributed by atoms with E-state index < -0.39 is 17.8 Å². The van der Waals surface area contributed by atoms with Crippen LogP contribution in [0.1, 0.15) is 21.5 Å². The standard InChI is InChI=1S/C13H13NO5/c1-19-13(18)10-4-2-3-8-7-14(6-5-9(8)10)11(15)12(16)17/h2-4H,5-7H2,1H3,(H,16,17). The van der Waals surface area contributed by atoms with Gasteiger partial charge in [0.05, 0.1) is 12.7 Å². The summed E-state index contributed by atoms with van der Waals surface area (Å²) in [4.78, 5) is 35.0. The number of carboxylic acid groups (broad SMARTS) is 1. The highest BCUT2D eigenvalue weighted by atomic mass is 16.5. The number of ether oxygens (including phenoxy) is 1. The van der Waals surface area contributed by atoms with Crippen LogP contribution < -0.4 is 0 Å². The molecule has 0 saturated carbocycles. The van der Waals surface area contributed by atoms with Gasteiger partial charge in [-0.2, -0.15) is 0 Å². The second-order valence-electron chi connectivity index (χ2n) is 4.22. The van der Waals surface area contributed by atoms with Gasteiger partial charge < -0.3 is 14.7 Å². The Kier molecular flexibility index (Phi) is 3.50. The number of carboxylic acids is 1. The lowest BCUT2D eigenvalue weighted by molar-refractivity contribution is -0.156. The van der Waals surface area contributed by atoms with E-state index >= 15 is 0 Å². The van der Waals surface area contributed by atoms with Crippen LogP contribution in [0.3, 0.4) is 0 Å². The van der Waals surface area contributed by atoms with Gasteiger partial charge in [0.1, 0.15) is 0 Å². The number of fused-ring (bicyclic) bond motifs is 1. The average molecular weight is 263 g/mol. The molecule has 0 aliphatic carbocycles. The lowest BCUT2D eigenvalue weighted by atomic mass is 9.94. The maximum absolute atomic E-state index is 11.6. The van der Waals surface area contributed by atoms with Crippen molar-refractivity contribution in [2.45, 2.75) is 13.0 Å². The number of rotatable bonds is 1. The van der Waals surface area contributed by atoms with Gasteiger partial charge >= 0.3 is 17.8 Å². The van der Waals surface area contributed by atoms with Crippen molar-refractivity contribution in [3.05, 3.63) is 34.9 Å². The van der Waals surface area contributed by atoms with Crippen molar-refractivity contribution in [2.24, 2.45) is 0 Å². The topological polar surface area (TPSA) is 83.9 Å². The largest absolute Gasteiger partial charge is 0.474 e. The molecule has 1 aliphatic rings. The van der Waals surface area contributed by atoms with Crippen molar-refractivity contribution in [3.8, 4) is 0 Å². The highest BCUT2D eigenvalue weighted by Gasteiger charge is 2.27. The molecule has 2 rings (SSSR count). The lowest BCUT2D eigenvalue weighted by Gasteiger charge is -2.28. The average Bonchev–Trinajstić information content (AvgIpc) is 2.44. The van der Waals surface area contributed by atoms with Gasteiger partial charge in [0, 0.05) is 13.1 Å². The number of methoxy groups -OCH3 is 1. The first kappa shape index (κ1) is 13.1. The molecular formula is C13H13NO5. The molecule has 0 bridgehead atoms. The third-order valence-electron chi connectivity index (χ3n) is 3.14. The molecule has 6 nitrogen and oxygen atoms in total. The Morgan fingerprint density at radius 1 is 1.32 bits per heavy atom. The number of carbonyl (C=O) groups excluding carboxylic acids is 2. The number of hydrogen-bond donors (Lipinski definition) is 1. The Hall–Kier alpha value is -2.37. The van der Waals surface area contributed by atoms with Crippen molar-refractivity contribution < 1.29 is 24.2 Å². The summed E-state index contributed by atoms with van der Waals surface area (Å²) in [5.41, 5.74) is 2.08. The van der Waals surface area contributed by atoms with E-state index in [1.807, 2.05) is 0 Å². The normalized spacial score (nSPS) is 13.6. The van der Waals surface area contributed by atoms with Crippen molar-refractivity contribution in [3.63, 3.8) is 0 Å². The Morgan fingerprint density at radius 2 is 2.05 bits per heavy atom. The van der Waals surface area contributed by atoms with Gasteiger partial charge in [-0.1, -0.05) is 12.1 Å². The monoisotopic (exact) mass is 263 g/mol. The van der Waals surface area contributed by atoms with E-state index in [0.717, 1.165) is 11.1 Å². The summed E-state index contributed by atoms with van der Waals surface area (Å²) in [7, 11) is 1.31. The van der Waals surface area contributed by atoms with Crippen molar-refractivity contribution >= 4 is 17.8 Å². The molecule has 0 aromatic heterocycles. The van der Waals surface area contributed by atoms with E-state index in [0.29, 0.717) is 12.0 Å². The zero-order valence-corrected chi connectivity index (χ0v) is 10.4. The number of nitrogens with zero attached hydrogens (tertiary/aromatic N) is 1. The number of aliphatic carboxylic acids is 1. The molecule has 0 radical (unpaired) electrons. The van der Waals surface area contributed by atoms with Gasteiger partial charge in [-0.15, -0.1) is 0 Å². The van der Waals surface area contributed by atoms with Crippen LogP contribution in [0.25, 0.3) is 0 Å². The first-order valence-electron chi connectivity index (χ1n) is 5.76. The fourth-order valence-corrected chi connectivity index (χ4v) is 2.22. The summed E-state index contributed by atoms with van der Waals surface area (Å²) in [5.74, 6) is -2.81. The molecule has 0 saturated heterocycles. The van der Waals surface area contributed by atoms with Crippen LogP contribution in [0.15, 0.2) is 18.2 Å². The summed E-state index contributed by atoms with van der Waals surface area (Å²) in [5, 5.41) is 8.70. The van der Waals surface area contributed by atoms with Crippen LogP contribution in [-0.4, -0.2) is 41.5 Å². The zero-order valence-electron chi connectivity index (χ0n) is 10.4. The Balaban J connectivity index is 2.30. The fourth-order valence-electron chi connectivity index (χ4n) is 2.22. The van der Waals surface area contributed by atoms with Crippen LogP contribution in [0.4, 0.5) is 0 Å². The van der Waals surface area contributed by atoms with Gasteiger partial charge in [0.25, 0.3) is 0 Å². The van der Waals surface area contributed by atoms with Crippen LogP contribution >= 0.6 is 0 Å². The molecule has 1 aromatic carbocycles. The maximum Gasteiger partial charge on any atom is 0.394 e. The second kappa shape index (κ2) is 5.09. The third kappa shape index (κ3) is 2.42. The maximum atomic E-state index is 11.6. The van der Waals surface area contributed by atoms with Crippen molar-refractivity contribution in [1.29, 1.82) is 0 Å². The predicted molar refractivity (Wildman–Crippen MR) is 64.5 cm³/mol. The molecular weight excluding hydrogens is 250 g/mol. The van der Waals surface area contributed by atoms with E-state index in [2.05, 4.69) is 0 Å². The molecule has 100 valence electrons. The molecule has 0 fully saturated rings. The van der Waals surface area contributed by atoms with Gasteiger partial charge in [0.15, 0.2) is 0 Å².